The van der Waals surface area contributed by atoms with Crippen molar-refractivity contribution >= 4 is 21.8 Å². The second-order valence-corrected chi connectivity index (χ2v) is 5.24. The first-order valence-electron chi connectivity index (χ1n) is 6.24. The van der Waals surface area contributed by atoms with E-state index in [0.29, 0.717) is 0 Å². The van der Waals surface area contributed by atoms with Crippen LogP contribution in [0.3, 0.4) is 0 Å². The molecular weight excluding hydrogens is 314 g/mol. The van der Waals surface area contributed by atoms with E-state index in [1.165, 1.54) is 6.92 Å². The summed E-state index contributed by atoms with van der Waals surface area (Å²) in [5, 5.41) is 2.86. The van der Waals surface area contributed by atoms with Gasteiger partial charge in [-0.1, -0.05) is 58.1 Å². The van der Waals surface area contributed by atoms with Crippen LogP contribution in [-0.2, 0) is 4.79 Å². The number of halogens is 1. The van der Waals surface area contributed by atoms with Crippen molar-refractivity contribution in [3.63, 3.8) is 0 Å². The molecule has 0 radical (unpaired) electrons. The molecular formula is C17H14BrNO. The standard InChI is InChI=1S/C17H14BrNO/c1-13(20)19-17(15-8-10-16(18)11-9-15)12-7-14-5-3-2-4-6-14/h2-6,8-11,17H,1H3,(H,19,20)/t17-/m0/s1. The van der Waals surface area contributed by atoms with Crippen LogP contribution in [0.25, 0.3) is 0 Å². The van der Waals surface area contributed by atoms with Gasteiger partial charge in [0, 0.05) is 17.0 Å². The van der Waals surface area contributed by atoms with E-state index < -0.39 is 0 Å². The molecule has 0 spiro atoms. The summed E-state index contributed by atoms with van der Waals surface area (Å²) >= 11 is 3.40. The molecule has 2 aromatic rings. The number of hydrogen-bond donors (Lipinski definition) is 1. The van der Waals surface area contributed by atoms with Crippen molar-refractivity contribution in [3.8, 4) is 11.8 Å². The average molecular weight is 328 g/mol. The van der Waals surface area contributed by atoms with Crippen LogP contribution >= 0.6 is 15.9 Å². The van der Waals surface area contributed by atoms with Gasteiger partial charge in [0.2, 0.25) is 5.91 Å². The van der Waals surface area contributed by atoms with E-state index in [-0.39, 0.29) is 11.9 Å². The smallest absolute Gasteiger partial charge is 0.218 e. The molecule has 0 aliphatic heterocycles. The molecule has 100 valence electrons. The zero-order chi connectivity index (χ0) is 14.4. The van der Waals surface area contributed by atoms with Gasteiger partial charge in [-0.05, 0) is 29.8 Å². The summed E-state index contributed by atoms with van der Waals surface area (Å²) in [6.07, 6.45) is 0. The summed E-state index contributed by atoms with van der Waals surface area (Å²) < 4.78 is 0.999. The van der Waals surface area contributed by atoms with Gasteiger partial charge in [0.25, 0.3) is 0 Å². The highest BCUT2D eigenvalue weighted by Crippen LogP contribution is 2.16. The minimum absolute atomic E-state index is 0.0970. The molecule has 2 aromatic carbocycles. The molecule has 0 fully saturated rings. The quantitative estimate of drug-likeness (QED) is 0.837. The molecule has 0 aliphatic carbocycles. The molecule has 2 rings (SSSR count). The molecule has 0 aliphatic rings. The van der Waals surface area contributed by atoms with Gasteiger partial charge in [-0.25, -0.2) is 0 Å². The fraction of sp³-hybridized carbons (Fsp3) is 0.118. The molecule has 2 nitrogen and oxygen atoms in total. The first-order valence-corrected chi connectivity index (χ1v) is 7.03. The minimum Gasteiger partial charge on any atom is -0.339 e. The zero-order valence-corrected chi connectivity index (χ0v) is 12.6. The summed E-state index contributed by atoms with van der Waals surface area (Å²) in [5.74, 6) is 6.10. The van der Waals surface area contributed by atoms with E-state index in [1.54, 1.807) is 0 Å². The Balaban J connectivity index is 2.27. The van der Waals surface area contributed by atoms with Gasteiger partial charge in [0.15, 0.2) is 0 Å². The molecule has 1 amide bonds. The highest BCUT2D eigenvalue weighted by atomic mass is 79.9. The predicted octanol–water partition coefficient (Wildman–Crippen LogP) is 3.68. The third-order valence-corrected chi connectivity index (χ3v) is 3.21. The Hall–Kier alpha value is -2.05. The Kier molecular flexibility index (Phi) is 4.97. The number of hydrogen-bond acceptors (Lipinski definition) is 1. The fourth-order valence-corrected chi connectivity index (χ4v) is 2.00. The van der Waals surface area contributed by atoms with Crippen LogP contribution in [0.1, 0.15) is 24.1 Å². The molecule has 0 saturated carbocycles. The molecule has 0 aromatic heterocycles. The van der Waals surface area contributed by atoms with Gasteiger partial charge in [0.05, 0.1) is 0 Å². The third-order valence-electron chi connectivity index (χ3n) is 2.69. The summed E-state index contributed by atoms with van der Waals surface area (Å²) in [6.45, 7) is 1.50. The SMILES string of the molecule is CC(=O)N[C@@H](C#Cc1ccccc1)c1ccc(Br)cc1. The lowest BCUT2D eigenvalue weighted by atomic mass is 10.1. The summed E-state index contributed by atoms with van der Waals surface area (Å²) in [6, 6.07) is 17.2. The predicted molar refractivity (Wildman–Crippen MR) is 84.0 cm³/mol. The van der Waals surface area contributed by atoms with E-state index >= 15 is 0 Å². The van der Waals surface area contributed by atoms with Crippen LogP contribution in [-0.4, -0.2) is 5.91 Å². The number of carbonyl (C=O) groups is 1. The van der Waals surface area contributed by atoms with E-state index in [1.807, 2.05) is 54.6 Å². The van der Waals surface area contributed by atoms with Crippen LogP contribution in [0, 0.1) is 11.8 Å². The Bertz CT molecular complexity index is 638. The Morgan fingerprint density at radius 1 is 1.10 bits per heavy atom. The molecule has 1 N–H and O–H groups in total. The van der Waals surface area contributed by atoms with Gasteiger partial charge in [-0.3, -0.25) is 4.79 Å². The molecule has 1 atom stereocenters. The first-order chi connectivity index (χ1) is 9.65. The van der Waals surface area contributed by atoms with Crippen molar-refractivity contribution in [3.05, 3.63) is 70.2 Å². The zero-order valence-electron chi connectivity index (χ0n) is 11.1. The van der Waals surface area contributed by atoms with E-state index in [0.717, 1.165) is 15.6 Å². The van der Waals surface area contributed by atoms with Crippen LogP contribution in [0.5, 0.6) is 0 Å². The second kappa shape index (κ2) is 6.93. The molecule has 0 saturated heterocycles. The van der Waals surface area contributed by atoms with Gasteiger partial charge in [0.1, 0.15) is 6.04 Å². The lowest BCUT2D eigenvalue weighted by molar-refractivity contribution is -0.119. The minimum atomic E-state index is -0.305. The highest BCUT2D eigenvalue weighted by molar-refractivity contribution is 9.10. The van der Waals surface area contributed by atoms with Crippen LogP contribution in [0.4, 0.5) is 0 Å². The van der Waals surface area contributed by atoms with E-state index in [9.17, 15) is 4.79 Å². The average Bonchev–Trinajstić information content (AvgIpc) is 2.45. The molecule has 3 heteroatoms. The Morgan fingerprint density at radius 2 is 1.75 bits per heavy atom. The van der Waals surface area contributed by atoms with Crippen LogP contribution in [0.2, 0.25) is 0 Å². The maximum absolute atomic E-state index is 11.3. The largest absolute Gasteiger partial charge is 0.339 e. The van der Waals surface area contributed by atoms with Crippen molar-refractivity contribution in [1.82, 2.24) is 5.32 Å². The number of nitrogens with one attached hydrogen (secondary N) is 1. The number of amides is 1. The van der Waals surface area contributed by atoms with E-state index in [4.69, 9.17) is 0 Å². The molecule has 0 bridgehead atoms. The van der Waals surface area contributed by atoms with Crippen molar-refractivity contribution in [2.75, 3.05) is 0 Å². The molecule has 20 heavy (non-hydrogen) atoms. The summed E-state index contributed by atoms with van der Waals surface area (Å²) in [4.78, 5) is 11.3. The van der Waals surface area contributed by atoms with Crippen LogP contribution in [0.15, 0.2) is 59.1 Å². The van der Waals surface area contributed by atoms with Gasteiger partial charge < -0.3 is 5.32 Å². The summed E-state index contributed by atoms with van der Waals surface area (Å²) in [7, 11) is 0. The normalized spacial score (nSPS) is 11.1. The van der Waals surface area contributed by atoms with Crippen molar-refractivity contribution in [2.24, 2.45) is 0 Å². The maximum Gasteiger partial charge on any atom is 0.218 e. The Morgan fingerprint density at radius 3 is 2.35 bits per heavy atom. The van der Waals surface area contributed by atoms with Crippen molar-refractivity contribution < 1.29 is 4.79 Å². The number of benzene rings is 2. The first kappa shape index (κ1) is 14.4. The maximum atomic E-state index is 11.3. The second-order valence-electron chi connectivity index (χ2n) is 4.32. The van der Waals surface area contributed by atoms with E-state index in [2.05, 4.69) is 33.1 Å². The van der Waals surface area contributed by atoms with Crippen LogP contribution < -0.4 is 5.32 Å². The monoisotopic (exact) mass is 327 g/mol. The van der Waals surface area contributed by atoms with Gasteiger partial charge in [-0.2, -0.15) is 0 Å². The fourth-order valence-electron chi connectivity index (χ4n) is 1.74. The van der Waals surface area contributed by atoms with Gasteiger partial charge >= 0.3 is 0 Å². The lowest BCUT2D eigenvalue weighted by Crippen LogP contribution is -2.24. The third kappa shape index (κ3) is 4.25. The molecule has 0 heterocycles. The highest BCUT2D eigenvalue weighted by Gasteiger charge is 2.09. The summed E-state index contributed by atoms with van der Waals surface area (Å²) in [5.41, 5.74) is 1.90. The topological polar surface area (TPSA) is 29.1 Å². The van der Waals surface area contributed by atoms with Crippen molar-refractivity contribution in [2.45, 2.75) is 13.0 Å². The Labute approximate surface area is 127 Å². The number of carbonyl (C=O) groups excluding carboxylic acids is 1. The number of rotatable bonds is 2. The lowest BCUT2D eigenvalue weighted by Gasteiger charge is -2.12. The molecule has 0 unspecified atom stereocenters. The van der Waals surface area contributed by atoms with Crippen molar-refractivity contribution in [1.29, 1.82) is 0 Å². The van der Waals surface area contributed by atoms with Gasteiger partial charge in [-0.15, -0.1) is 0 Å².